The summed E-state index contributed by atoms with van der Waals surface area (Å²) in [4.78, 5) is 11.9. The molecule has 6 nitrogen and oxygen atoms in total. The molecular weight excluding hydrogens is 326 g/mol. The molecule has 3 rings (SSSR count). The lowest BCUT2D eigenvalue weighted by Gasteiger charge is -2.12. The number of thioether (sulfide) groups is 1. The minimum Gasteiger partial charge on any atom is -0.492 e. The van der Waals surface area contributed by atoms with Crippen LogP contribution >= 0.6 is 11.8 Å². The minimum atomic E-state index is -0.177. The van der Waals surface area contributed by atoms with Gasteiger partial charge in [0.1, 0.15) is 5.75 Å². The van der Waals surface area contributed by atoms with Crippen LogP contribution in [0.15, 0.2) is 28.2 Å². The first-order valence-electron chi connectivity index (χ1n) is 8.24. The van der Waals surface area contributed by atoms with E-state index in [-0.39, 0.29) is 11.8 Å². The number of para-hydroxylation sites is 1. The lowest BCUT2D eigenvalue weighted by Crippen LogP contribution is -2.25. The molecule has 1 aromatic carbocycles. The van der Waals surface area contributed by atoms with Crippen LogP contribution < -0.4 is 10.4 Å². The summed E-state index contributed by atoms with van der Waals surface area (Å²) in [6.07, 6.45) is 2.17. The molecule has 1 N–H and O–H groups in total. The van der Waals surface area contributed by atoms with Gasteiger partial charge in [-0.3, -0.25) is 4.57 Å². The van der Waals surface area contributed by atoms with Crippen molar-refractivity contribution in [2.45, 2.75) is 44.5 Å². The summed E-state index contributed by atoms with van der Waals surface area (Å²) in [6, 6.07) is 6.12. The van der Waals surface area contributed by atoms with Crippen LogP contribution in [0.5, 0.6) is 5.75 Å². The third kappa shape index (κ3) is 4.02. The number of aryl methyl sites for hydroxylation is 2. The Balaban J connectivity index is 1.54. The molecule has 0 radical (unpaired) electrons. The van der Waals surface area contributed by atoms with Gasteiger partial charge < -0.3 is 9.47 Å². The van der Waals surface area contributed by atoms with Crippen LogP contribution in [0.25, 0.3) is 0 Å². The maximum Gasteiger partial charge on any atom is 0.344 e. The van der Waals surface area contributed by atoms with Gasteiger partial charge >= 0.3 is 5.69 Å². The van der Waals surface area contributed by atoms with Gasteiger partial charge in [0.05, 0.1) is 19.3 Å². The van der Waals surface area contributed by atoms with E-state index in [1.807, 2.05) is 32.0 Å². The van der Waals surface area contributed by atoms with Crippen LogP contribution in [-0.4, -0.2) is 39.8 Å². The molecule has 0 aliphatic carbocycles. The van der Waals surface area contributed by atoms with Gasteiger partial charge in [-0.25, -0.2) is 9.89 Å². The van der Waals surface area contributed by atoms with Crippen LogP contribution in [0.2, 0.25) is 0 Å². The molecule has 1 fully saturated rings. The molecule has 0 bridgehead atoms. The molecule has 1 aromatic heterocycles. The number of aromatic nitrogens is 3. The number of aromatic amines is 1. The third-order valence-electron chi connectivity index (χ3n) is 4.10. The maximum atomic E-state index is 11.9. The Morgan fingerprint density at radius 1 is 1.42 bits per heavy atom. The quantitative estimate of drug-likeness (QED) is 0.614. The van der Waals surface area contributed by atoms with E-state index in [0.29, 0.717) is 18.3 Å². The number of hydrogen-bond acceptors (Lipinski definition) is 5. The van der Waals surface area contributed by atoms with E-state index >= 15 is 0 Å². The Kier molecular flexibility index (Phi) is 5.63. The second-order valence-electron chi connectivity index (χ2n) is 5.97. The number of nitrogens with zero attached hydrogens (tertiary/aromatic N) is 2. The molecule has 2 heterocycles. The van der Waals surface area contributed by atoms with Crippen LogP contribution in [0.1, 0.15) is 24.0 Å². The summed E-state index contributed by atoms with van der Waals surface area (Å²) in [5, 5.41) is 7.34. The van der Waals surface area contributed by atoms with E-state index in [0.717, 1.165) is 42.1 Å². The minimum absolute atomic E-state index is 0.116. The highest BCUT2D eigenvalue weighted by Gasteiger charge is 2.19. The van der Waals surface area contributed by atoms with Gasteiger partial charge in [0.2, 0.25) is 0 Å². The lowest BCUT2D eigenvalue weighted by atomic mass is 10.1. The van der Waals surface area contributed by atoms with Gasteiger partial charge in [0.15, 0.2) is 5.16 Å². The zero-order valence-corrected chi connectivity index (χ0v) is 14.9. The van der Waals surface area contributed by atoms with Crippen LogP contribution in [0, 0.1) is 13.8 Å². The molecule has 0 amide bonds. The first kappa shape index (κ1) is 17.1. The standard InChI is InChI=1S/C17H23N3O3S/c1-12-5-3-6-13(2)15(12)23-9-10-24-17-19-18-16(21)20(17)11-14-7-4-8-22-14/h3,5-6,14H,4,7-11H2,1-2H3,(H,18,21)/t14-/m1/s1. The highest BCUT2D eigenvalue weighted by molar-refractivity contribution is 7.99. The van der Waals surface area contributed by atoms with Gasteiger partial charge in [-0.05, 0) is 37.8 Å². The summed E-state index contributed by atoms with van der Waals surface area (Å²) in [6.45, 7) is 6.00. The lowest BCUT2D eigenvalue weighted by molar-refractivity contribution is 0.0941. The summed E-state index contributed by atoms with van der Waals surface area (Å²) in [7, 11) is 0. The maximum absolute atomic E-state index is 11.9. The van der Waals surface area contributed by atoms with Crippen molar-refractivity contribution in [1.29, 1.82) is 0 Å². The van der Waals surface area contributed by atoms with Gasteiger partial charge in [-0.2, -0.15) is 0 Å². The SMILES string of the molecule is Cc1cccc(C)c1OCCSc1n[nH]c(=O)n1C[C@H]1CCCO1. The predicted octanol–water partition coefficient (Wildman–Crippen LogP) is 2.54. The van der Waals surface area contributed by atoms with Crippen LogP contribution in [0.4, 0.5) is 0 Å². The molecule has 1 atom stereocenters. The van der Waals surface area contributed by atoms with Crippen molar-refractivity contribution in [1.82, 2.24) is 14.8 Å². The summed E-state index contributed by atoms with van der Waals surface area (Å²) >= 11 is 1.52. The Morgan fingerprint density at radius 2 is 2.21 bits per heavy atom. The first-order valence-corrected chi connectivity index (χ1v) is 9.22. The van der Waals surface area contributed by atoms with Gasteiger partial charge in [-0.1, -0.05) is 30.0 Å². The number of nitrogens with one attached hydrogen (secondary N) is 1. The highest BCUT2D eigenvalue weighted by atomic mass is 32.2. The van der Waals surface area contributed by atoms with E-state index < -0.39 is 0 Å². The second-order valence-corrected chi connectivity index (χ2v) is 7.04. The Bertz CT molecular complexity index is 715. The van der Waals surface area contributed by atoms with E-state index in [9.17, 15) is 4.79 Å². The highest BCUT2D eigenvalue weighted by Crippen LogP contribution is 2.23. The van der Waals surface area contributed by atoms with Crippen molar-refractivity contribution in [3.8, 4) is 5.75 Å². The summed E-state index contributed by atoms with van der Waals surface area (Å²) < 4.78 is 13.2. The number of benzene rings is 1. The smallest absolute Gasteiger partial charge is 0.344 e. The van der Waals surface area contributed by atoms with Crippen molar-refractivity contribution in [3.63, 3.8) is 0 Å². The average Bonchev–Trinajstić information content (AvgIpc) is 3.18. The molecular formula is C17H23N3O3S. The van der Waals surface area contributed by atoms with Crippen molar-refractivity contribution in [2.24, 2.45) is 0 Å². The first-order chi connectivity index (χ1) is 11.6. The van der Waals surface area contributed by atoms with Crippen molar-refractivity contribution in [2.75, 3.05) is 19.0 Å². The normalized spacial score (nSPS) is 17.3. The van der Waals surface area contributed by atoms with E-state index in [1.54, 1.807) is 4.57 Å². The summed E-state index contributed by atoms with van der Waals surface area (Å²) in [5.74, 6) is 1.67. The Hall–Kier alpha value is -1.73. The summed E-state index contributed by atoms with van der Waals surface area (Å²) in [5.41, 5.74) is 2.09. The van der Waals surface area contributed by atoms with Crippen LogP contribution in [-0.2, 0) is 11.3 Å². The van der Waals surface area contributed by atoms with Gasteiger partial charge in [-0.15, -0.1) is 5.10 Å². The number of ether oxygens (including phenoxy) is 2. The molecule has 2 aromatic rings. The molecule has 1 aliphatic rings. The fraction of sp³-hybridized carbons (Fsp3) is 0.529. The molecule has 1 aliphatic heterocycles. The van der Waals surface area contributed by atoms with Crippen LogP contribution in [0.3, 0.4) is 0 Å². The molecule has 0 saturated carbocycles. The van der Waals surface area contributed by atoms with E-state index in [1.165, 1.54) is 11.8 Å². The third-order valence-corrected chi connectivity index (χ3v) is 5.04. The van der Waals surface area contributed by atoms with Crippen molar-refractivity contribution >= 4 is 11.8 Å². The second kappa shape index (κ2) is 7.90. The Labute approximate surface area is 145 Å². The van der Waals surface area contributed by atoms with Gasteiger partial charge in [0, 0.05) is 12.4 Å². The zero-order chi connectivity index (χ0) is 16.9. The Morgan fingerprint density at radius 3 is 2.92 bits per heavy atom. The topological polar surface area (TPSA) is 69.1 Å². The van der Waals surface area contributed by atoms with E-state index in [4.69, 9.17) is 9.47 Å². The molecule has 0 spiro atoms. The number of hydrogen-bond donors (Lipinski definition) is 1. The molecule has 24 heavy (non-hydrogen) atoms. The van der Waals surface area contributed by atoms with Crippen molar-refractivity contribution in [3.05, 3.63) is 39.8 Å². The van der Waals surface area contributed by atoms with Gasteiger partial charge in [0.25, 0.3) is 0 Å². The molecule has 130 valence electrons. The average molecular weight is 349 g/mol. The number of rotatable bonds is 7. The largest absolute Gasteiger partial charge is 0.492 e. The molecule has 0 unspecified atom stereocenters. The fourth-order valence-corrected chi connectivity index (χ4v) is 3.64. The monoisotopic (exact) mass is 349 g/mol. The number of H-pyrrole nitrogens is 1. The molecule has 1 saturated heterocycles. The zero-order valence-electron chi connectivity index (χ0n) is 14.1. The molecule has 7 heteroatoms. The fourth-order valence-electron chi connectivity index (χ4n) is 2.87. The predicted molar refractivity (Wildman–Crippen MR) is 94.0 cm³/mol. The van der Waals surface area contributed by atoms with E-state index in [2.05, 4.69) is 10.2 Å². The van der Waals surface area contributed by atoms with Crippen molar-refractivity contribution < 1.29 is 9.47 Å².